The number of imidazole rings is 1. The largest absolute Gasteiger partial charge is 0.337 e. The Hall–Kier alpha value is -1.35. The summed E-state index contributed by atoms with van der Waals surface area (Å²) in [6.07, 6.45) is 13.8. The Balaban J connectivity index is 2.17. The van der Waals surface area contributed by atoms with Gasteiger partial charge in [0.25, 0.3) is 0 Å². The van der Waals surface area contributed by atoms with Crippen molar-refractivity contribution in [1.82, 2.24) is 9.55 Å². The molecule has 0 saturated heterocycles. The van der Waals surface area contributed by atoms with Crippen molar-refractivity contribution >= 4 is 0 Å². The van der Waals surface area contributed by atoms with Crippen molar-refractivity contribution in [3.05, 3.63) is 43.0 Å². The van der Waals surface area contributed by atoms with Crippen molar-refractivity contribution in [2.45, 2.75) is 19.5 Å². The Kier molecular flexibility index (Phi) is 2.25. The van der Waals surface area contributed by atoms with Crippen LogP contribution in [-0.4, -0.2) is 15.6 Å². The second-order valence-electron chi connectivity index (χ2n) is 4.01. The highest BCUT2D eigenvalue weighted by molar-refractivity contribution is 5.21. The van der Waals surface area contributed by atoms with Gasteiger partial charge in [-0.05, 0) is 0 Å². The minimum Gasteiger partial charge on any atom is -0.337 e. The van der Waals surface area contributed by atoms with Crippen LogP contribution in [0.2, 0.25) is 0 Å². The molecule has 0 fully saturated rings. The molecule has 0 radical (unpaired) electrons. The quantitative estimate of drug-likeness (QED) is 0.763. The van der Waals surface area contributed by atoms with Crippen molar-refractivity contribution in [3.8, 4) is 0 Å². The van der Waals surface area contributed by atoms with Crippen molar-refractivity contribution < 1.29 is 0 Å². The predicted octanol–water partition coefficient (Wildman–Crippen LogP) is 1.34. The van der Waals surface area contributed by atoms with E-state index in [0.29, 0.717) is 0 Å². The molecule has 1 heterocycles. The molecule has 3 nitrogen and oxygen atoms in total. The molecule has 1 aromatic rings. The molecule has 2 rings (SSSR count). The molecule has 2 N–H and O–H groups in total. The average Bonchev–Trinajstić information content (AvgIpc) is 2.63. The third kappa shape index (κ3) is 1.63. The maximum Gasteiger partial charge on any atom is 0.0946 e. The minimum atomic E-state index is -0.00451. The number of allylic oxidation sites excluding steroid dienone is 2. The average molecular weight is 189 g/mol. The van der Waals surface area contributed by atoms with Gasteiger partial charge in [-0.1, -0.05) is 31.2 Å². The van der Waals surface area contributed by atoms with E-state index >= 15 is 0 Å². The summed E-state index contributed by atoms with van der Waals surface area (Å²) < 4.78 is 2.06. The van der Waals surface area contributed by atoms with Gasteiger partial charge < -0.3 is 10.3 Å². The van der Waals surface area contributed by atoms with Gasteiger partial charge in [-0.25, -0.2) is 4.98 Å². The maximum absolute atomic E-state index is 6.06. The molecule has 74 valence electrons. The number of aromatic nitrogens is 2. The number of rotatable bonds is 2. The van der Waals surface area contributed by atoms with Gasteiger partial charge in [0.15, 0.2) is 0 Å². The zero-order valence-corrected chi connectivity index (χ0v) is 8.30. The first-order chi connectivity index (χ1) is 6.71. The summed E-state index contributed by atoms with van der Waals surface area (Å²) in [5, 5.41) is 0. The fourth-order valence-electron chi connectivity index (χ4n) is 1.72. The second kappa shape index (κ2) is 3.42. The molecule has 3 heteroatoms. The molecular formula is C11H15N3. The van der Waals surface area contributed by atoms with Crippen molar-refractivity contribution in [1.29, 1.82) is 0 Å². The van der Waals surface area contributed by atoms with Crippen LogP contribution < -0.4 is 5.73 Å². The summed E-state index contributed by atoms with van der Waals surface area (Å²) in [6, 6.07) is 0.0786. The Bertz CT molecular complexity index is 351. The van der Waals surface area contributed by atoms with E-state index in [1.54, 1.807) is 6.20 Å². The smallest absolute Gasteiger partial charge is 0.0946 e. The van der Waals surface area contributed by atoms with E-state index in [4.69, 9.17) is 5.73 Å². The first-order valence-electron chi connectivity index (χ1n) is 4.78. The van der Waals surface area contributed by atoms with Gasteiger partial charge in [0, 0.05) is 30.4 Å². The maximum atomic E-state index is 6.06. The predicted molar refractivity (Wildman–Crippen MR) is 56.6 cm³/mol. The molecule has 2 unspecified atom stereocenters. The van der Waals surface area contributed by atoms with Crippen LogP contribution in [0.3, 0.4) is 0 Å². The summed E-state index contributed by atoms with van der Waals surface area (Å²) >= 11 is 0. The van der Waals surface area contributed by atoms with E-state index < -0.39 is 0 Å². The Morgan fingerprint density at radius 2 is 2.36 bits per heavy atom. The molecule has 0 spiro atoms. The third-order valence-corrected chi connectivity index (χ3v) is 2.75. The summed E-state index contributed by atoms with van der Waals surface area (Å²) in [5.41, 5.74) is 6.05. The number of hydrogen-bond acceptors (Lipinski definition) is 2. The first-order valence-corrected chi connectivity index (χ1v) is 4.78. The Morgan fingerprint density at radius 3 is 3.00 bits per heavy atom. The zero-order valence-electron chi connectivity index (χ0n) is 8.30. The van der Waals surface area contributed by atoms with Gasteiger partial charge in [0.2, 0.25) is 0 Å². The van der Waals surface area contributed by atoms with E-state index in [2.05, 4.69) is 28.6 Å². The number of nitrogens with two attached hydrogens (primary N) is 1. The topological polar surface area (TPSA) is 43.8 Å². The molecule has 14 heavy (non-hydrogen) atoms. The summed E-state index contributed by atoms with van der Waals surface area (Å²) in [5.74, 6) is 0. The fourth-order valence-corrected chi connectivity index (χ4v) is 1.72. The molecule has 0 amide bonds. The highest BCUT2D eigenvalue weighted by Gasteiger charge is 2.28. The van der Waals surface area contributed by atoms with Crippen molar-refractivity contribution in [3.63, 3.8) is 0 Å². The molecule has 1 aliphatic carbocycles. The van der Waals surface area contributed by atoms with Crippen LogP contribution >= 0.6 is 0 Å². The Labute approximate surface area is 83.9 Å². The van der Waals surface area contributed by atoms with Gasteiger partial charge in [-0.2, -0.15) is 0 Å². The van der Waals surface area contributed by atoms with Crippen molar-refractivity contribution in [2.24, 2.45) is 11.1 Å². The van der Waals surface area contributed by atoms with Crippen LogP contribution in [0.4, 0.5) is 0 Å². The summed E-state index contributed by atoms with van der Waals surface area (Å²) in [6.45, 7) is 3.03. The molecule has 2 atom stereocenters. The molecule has 0 aromatic carbocycles. The molecule has 1 aromatic heterocycles. The molecular weight excluding hydrogens is 174 g/mol. The molecule has 0 aliphatic heterocycles. The summed E-state index contributed by atoms with van der Waals surface area (Å²) in [4.78, 5) is 4.02. The fraction of sp³-hybridized carbons (Fsp3) is 0.364. The standard InChI is InChI=1S/C11H15N3/c1-11(5-3-2-4-10(11)12)8-14-7-6-13-9-14/h2-7,9-10H,8,12H2,1H3. The lowest BCUT2D eigenvalue weighted by Gasteiger charge is -2.32. The SMILES string of the molecule is CC1(Cn2ccnc2)C=CC=CC1N. The van der Waals surface area contributed by atoms with Crippen LogP contribution in [0.1, 0.15) is 6.92 Å². The van der Waals surface area contributed by atoms with E-state index in [9.17, 15) is 0 Å². The third-order valence-electron chi connectivity index (χ3n) is 2.75. The minimum absolute atomic E-state index is 0.00451. The lowest BCUT2D eigenvalue weighted by atomic mass is 9.79. The van der Waals surface area contributed by atoms with Gasteiger partial charge in [-0.3, -0.25) is 0 Å². The monoisotopic (exact) mass is 189 g/mol. The van der Waals surface area contributed by atoms with Gasteiger partial charge in [0.1, 0.15) is 0 Å². The van der Waals surface area contributed by atoms with Gasteiger partial charge >= 0.3 is 0 Å². The first kappa shape index (κ1) is 9.21. The highest BCUT2D eigenvalue weighted by atomic mass is 15.0. The van der Waals surface area contributed by atoms with Crippen LogP contribution in [0.25, 0.3) is 0 Å². The van der Waals surface area contributed by atoms with Crippen LogP contribution in [-0.2, 0) is 6.54 Å². The lowest BCUT2D eigenvalue weighted by molar-refractivity contribution is 0.318. The highest BCUT2D eigenvalue weighted by Crippen LogP contribution is 2.28. The lowest BCUT2D eigenvalue weighted by Crippen LogP contribution is -2.40. The summed E-state index contributed by atoms with van der Waals surface area (Å²) in [7, 11) is 0. The van der Waals surface area contributed by atoms with Crippen molar-refractivity contribution in [2.75, 3.05) is 0 Å². The van der Waals surface area contributed by atoms with E-state index in [0.717, 1.165) is 6.54 Å². The van der Waals surface area contributed by atoms with Gasteiger partial charge in [-0.15, -0.1) is 0 Å². The van der Waals surface area contributed by atoms with E-state index in [1.807, 2.05) is 24.7 Å². The number of hydrogen-bond donors (Lipinski definition) is 1. The van der Waals surface area contributed by atoms with Crippen LogP contribution in [0, 0.1) is 5.41 Å². The van der Waals surface area contributed by atoms with Gasteiger partial charge in [0.05, 0.1) is 6.33 Å². The second-order valence-corrected chi connectivity index (χ2v) is 4.01. The van der Waals surface area contributed by atoms with E-state index in [1.165, 1.54) is 0 Å². The normalized spacial score (nSPS) is 30.9. The van der Waals surface area contributed by atoms with Crippen LogP contribution in [0.15, 0.2) is 43.0 Å². The molecule has 1 aliphatic rings. The molecule has 0 bridgehead atoms. The Morgan fingerprint density at radius 1 is 1.50 bits per heavy atom. The molecule has 0 saturated carbocycles. The van der Waals surface area contributed by atoms with E-state index in [-0.39, 0.29) is 11.5 Å². The van der Waals surface area contributed by atoms with Crippen LogP contribution in [0.5, 0.6) is 0 Å². The zero-order chi connectivity index (χ0) is 10.0. The number of nitrogens with zero attached hydrogens (tertiary/aromatic N) is 2.